The molecule has 0 atom stereocenters. The minimum absolute atomic E-state index is 0.233. The standard InChI is InChI=1S/C20H17NO3S/c1-25-15-9-6-14(7-10-15)8-11-20(23)24-13-19(22)17-12-21-18-5-3-2-4-16(17)18/h2-12,21H,13H2,1H3. The molecular weight excluding hydrogens is 334 g/mol. The lowest BCUT2D eigenvalue weighted by Crippen LogP contribution is -2.12. The maximum atomic E-state index is 12.2. The van der Waals surface area contributed by atoms with E-state index in [1.54, 1.807) is 24.0 Å². The van der Waals surface area contributed by atoms with Gasteiger partial charge in [0, 0.05) is 33.6 Å². The first kappa shape index (κ1) is 17.0. The van der Waals surface area contributed by atoms with E-state index in [0.29, 0.717) is 5.56 Å². The van der Waals surface area contributed by atoms with E-state index in [0.717, 1.165) is 21.4 Å². The number of fused-ring (bicyclic) bond motifs is 1. The molecule has 0 fully saturated rings. The molecule has 0 unspecified atom stereocenters. The van der Waals surface area contributed by atoms with Crippen molar-refractivity contribution >= 4 is 40.5 Å². The van der Waals surface area contributed by atoms with Crippen LogP contribution in [0.4, 0.5) is 0 Å². The molecule has 0 aliphatic rings. The number of aromatic amines is 1. The number of esters is 1. The first-order valence-electron chi connectivity index (χ1n) is 7.75. The van der Waals surface area contributed by atoms with E-state index in [2.05, 4.69) is 4.98 Å². The minimum atomic E-state index is -0.540. The molecule has 126 valence electrons. The molecule has 0 saturated heterocycles. The topological polar surface area (TPSA) is 59.2 Å². The lowest BCUT2D eigenvalue weighted by Gasteiger charge is -2.01. The van der Waals surface area contributed by atoms with E-state index in [1.165, 1.54) is 6.08 Å². The molecular formula is C20H17NO3S. The van der Waals surface area contributed by atoms with Gasteiger partial charge in [-0.3, -0.25) is 4.79 Å². The molecule has 0 aliphatic carbocycles. The van der Waals surface area contributed by atoms with Crippen LogP contribution < -0.4 is 0 Å². The number of benzene rings is 2. The number of ketones is 1. The first-order chi connectivity index (χ1) is 12.2. The zero-order chi connectivity index (χ0) is 17.6. The Hall–Kier alpha value is -2.79. The van der Waals surface area contributed by atoms with Gasteiger partial charge < -0.3 is 9.72 Å². The van der Waals surface area contributed by atoms with E-state index in [9.17, 15) is 9.59 Å². The fourth-order valence-corrected chi connectivity index (χ4v) is 2.85. The Bertz CT molecular complexity index is 926. The van der Waals surface area contributed by atoms with Gasteiger partial charge in [-0.2, -0.15) is 0 Å². The quantitative estimate of drug-likeness (QED) is 0.311. The molecule has 1 heterocycles. The molecule has 0 spiro atoms. The third-order valence-electron chi connectivity index (χ3n) is 3.76. The number of hydrogen-bond acceptors (Lipinski definition) is 4. The molecule has 1 N–H and O–H groups in total. The summed E-state index contributed by atoms with van der Waals surface area (Å²) in [6.45, 7) is -0.281. The number of aromatic nitrogens is 1. The second kappa shape index (κ2) is 7.85. The Kier molecular flexibility index (Phi) is 5.36. The minimum Gasteiger partial charge on any atom is -0.454 e. The van der Waals surface area contributed by atoms with Crippen LogP contribution in [0.1, 0.15) is 15.9 Å². The van der Waals surface area contributed by atoms with Crippen molar-refractivity contribution in [1.29, 1.82) is 0 Å². The van der Waals surface area contributed by atoms with Gasteiger partial charge in [-0.15, -0.1) is 11.8 Å². The summed E-state index contributed by atoms with van der Waals surface area (Å²) >= 11 is 1.66. The van der Waals surface area contributed by atoms with Crippen molar-refractivity contribution in [2.75, 3.05) is 12.9 Å². The number of Topliss-reactive ketones (excluding diaryl/α,β-unsaturated/α-hetero) is 1. The predicted octanol–water partition coefficient (Wildman–Crippen LogP) is 4.33. The van der Waals surface area contributed by atoms with Crippen LogP contribution in [0, 0.1) is 0 Å². The summed E-state index contributed by atoms with van der Waals surface area (Å²) in [6, 6.07) is 15.3. The Labute approximate surface area is 149 Å². The van der Waals surface area contributed by atoms with E-state index in [1.807, 2.05) is 54.8 Å². The van der Waals surface area contributed by atoms with Crippen LogP contribution in [-0.4, -0.2) is 29.6 Å². The SMILES string of the molecule is CSc1ccc(C=CC(=O)OCC(=O)c2c[nH]c3ccccc23)cc1. The van der Waals surface area contributed by atoms with Crippen molar-refractivity contribution in [3.05, 3.63) is 71.9 Å². The lowest BCUT2D eigenvalue weighted by atomic mass is 10.1. The van der Waals surface area contributed by atoms with Gasteiger partial charge in [0.05, 0.1) is 0 Å². The third kappa shape index (κ3) is 4.19. The van der Waals surface area contributed by atoms with Crippen LogP contribution >= 0.6 is 11.8 Å². The third-order valence-corrected chi connectivity index (χ3v) is 4.51. The monoisotopic (exact) mass is 351 g/mol. The summed E-state index contributed by atoms with van der Waals surface area (Å²) in [4.78, 5) is 28.2. The summed E-state index contributed by atoms with van der Waals surface area (Å²) in [5.41, 5.74) is 2.31. The van der Waals surface area contributed by atoms with Crippen molar-refractivity contribution in [2.45, 2.75) is 4.90 Å². The van der Waals surface area contributed by atoms with Crippen LogP contribution in [-0.2, 0) is 9.53 Å². The van der Waals surface area contributed by atoms with E-state index < -0.39 is 5.97 Å². The number of nitrogens with one attached hydrogen (secondary N) is 1. The number of rotatable bonds is 6. The Morgan fingerprint density at radius 3 is 2.64 bits per heavy atom. The smallest absolute Gasteiger partial charge is 0.331 e. The first-order valence-corrected chi connectivity index (χ1v) is 8.98. The summed E-state index contributed by atoms with van der Waals surface area (Å²) in [6.07, 6.45) is 6.65. The zero-order valence-corrected chi connectivity index (χ0v) is 14.5. The number of carbonyl (C=O) groups is 2. The zero-order valence-electron chi connectivity index (χ0n) is 13.7. The Morgan fingerprint density at radius 2 is 1.88 bits per heavy atom. The highest BCUT2D eigenvalue weighted by molar-refractivity contribution is 7.98. The normalized spacial score (nSPS) is 11.1. The number of hydrogen-bond donors (Lipinski definition) is 1. The number of H-pyrrole nitrogens is 1. The molecule has 5 heteroatoms. The number of carbonyl (C=O) groups excluding carboxylic acids is 2. The molecule has 2 aromatic carbocycles. The summed E-state index contributed by atoms with van der Waals surface area (Å²) in [5, 5.41) is 0.827. The number of thioether (sulfide) groups is 1. The molecule has 25 heavy (non-hydrogen) atoms. The highest BCUT2D eigenvalue weighted by atomic mass is 32.2. The van der Waals surface area contributed by atoms with Crippen LogP contribution in [0.5, 0.6) is 0 Å². The van der Waals surface area contributed by atoms with Crippen molar-refractivity contribution in [1.82, 2.24) is 4.98 Å². The molecule has 3 aromatic rings. The number of para-hydroxylation sites is 1. The van der Waals surface area contributed by atoms with Gasteiger partial charge in [0.15, 0.2) is 6.61 Å². The predicted molar refractivity (Wildman–Crippen MR) is 101 cm³/mol. The second-order valence-electron chi connectivity index (χ2n) is 5.39. The largest absolute Gasteiger partial charge is 0.454 e. The van der Waals surface area contributed by atoms with Gasteiger partial charge in [-0.05, 0) is 36.1 Å². The summed E-state index contributed by atoms with van der Waals surface area (Å²) in [7, 11) is 0. The van der Waals surface area contributed by atoms with Crippen LogP contribution in [0.3, 0.4) is 0 Å². The van der Waals surface area contributed by atoms with Gasteiger partial charge in [-0.1, -0.05) is 30.3 Å². The molecule has 4 nitrogen and oxygen atoms in total. The fourth-order valence-electron chi connectivity index (χ4n) is 2.44. The van der Waals surface area contributed by atoms with Crippen molar-refractivity contribution in [2.24, 2.45) is 0 Å². The molecule has 0 amide bonds. The van der Waals surface area contributed by atoms with E-state index in [-0.39, 0.29) is 12.4 Å². The van der Waals surface area contributed by atoms with Crippen LogP contribution in [0.2, 0.25) is 0 Å². The Balaban J connectivity index is 1.58. The highest BCUT2D eigenvalue weighted by Gasteiger charge is 2.13. The molecule has 0 radical (unpaired) electrons. The van der Waals surface area contributed by atoms with Gasteiger partial charge in [0.1, 0.15) is 0 Å². The highest BCUT2D eigenvalue weighted by Crippen LogP contribution is 2.18. The van der Waals surface area contributed by atoms with Crippen LogP contribution in [0.25, 0.3) is 17.0 Å². The molecule has 0 bridgehead atoms. The average Bonchev–Trinajstić information content (AvgIpc) is 3.09. The summed E-state index contributed by atoms with van der Waals surface area (Å²) < 4.78 is 5.05. The van der Waals surface area contributed by atoms with Crippen LogP contribution in [0.15, 0.2) is 65.7 Å². The van der Waals surface area contributed by atoms with Gasteiger partial charge in [-0.25, -0.2) is 4.79 Å². The maximum absolute atomic E-state index is 12.2. The molecule has 0 aliphatic heterocycles. The van der Waals surface area contributed by atoms with Crippen molar-refractivity contribution < 1.29 is 14.3 Å². The van der Waals surface area contributed by atoms with Gasteiger partial charge >= 0.3 is 5.97 Å². The Morgan fingerprint density at radius 1 is 1.12 bits per heavy atom. The van der Waals surface area contributed by atoms with E-state index >= 15 is 0 Å². The number of ether oxygens (including phenoxy) is 1. The lowest BCUT2D eigenvalue weighted by molar-refractivity contribution is -0.136. The molecule has 1 aromatic heterocycles. The molecule has 0 saturated carbocycles. The summed E-state index contributed by atoms with van der Waals surface area (Å²) in [5.74, 6) is -0.773. The van der Waals surface area contributed by atoms with Gasteiger partial charge in [0.25, 0.3) is 0 Å². The van der Waals surface area contributed by atoms with Crippen molar-refractivity contribution in [3.63, 3.8) is 0 Å². The average molecular weight is 351 g/mol. The van der Waals surface area contributed by atoms with Gasteiger partial charge in [0.2, 0.25) is 5.78 Å². The maximum Gasteiger partial charge on any atom is 0.331 e. The molecule has 3 rings (SSSR count). The second-order valence-corrected chi connectivity index (χ2v) is 6.26. The fraction of sp³-hybridized carbons (Fsp3) is 0.100. The van der Waals surface area contributed by atoms with Crippen molar-refractivity contribution in [3.8, 4) is 0 Å². The van der Waals surface area contributed by atoms with E-state index in [4.69, 9.17) is 4.74 Å².